The van der Waals surface area contributed by atoms with E-state index in [1.165, 1.54) is 71.8 Å². The minimum Gasteiger partial charge on any atom is -0.336 e. The molecule has 0 saturated heterocycles. The zero-order chi connectivity index (χ0) is 32.6. The van der Waals surface area contributed by atoms with Crippen LogP contribution in [0.3, 0.4) is 0 Å². The molecule has 0 N–H and O–H groups in total. The van der Waals surface area contributed by atoms with Crippen molar-refractivity contribution in [2.45, 2.75) is 6.54 Å². The van der Waals surface area contributed by atoms with Crippen LogP contribution >= 0.6 is 0 Å². The fraction of sp³-hybridized carbons (Fsp3) is 0.0213. The van der Waals surface area contributed by atoms with Gasteiger partial charge in [0.2, 0.25) is 0 Å². The number of rotatable bonds is 7. The van der Waals surface area contributed by atoms with Gasteiger partial charge < -0.3 is 9.47 Å². The van der Waals surface area contributed by atoms with Gasteiger partial charge >= 0.3 is 0 Å². The molecule has 0 aliphatic carbocycles. The van der Waals surface area contributed by atoms with Gasteiger partial charge in [0.15, 0.2) is 0 Å². The van der Waals surface area contributed by atoms with Crippen LogP contribution in [0.5, 0.6) is 0 Å². The van der Waals surface area contributed by atoms with Crippen molar-refractivity contribution in [2.24, 2.45) is 0 Å². The Morgan fingerprint density at radius 2 is 1.02 bits per heavy atom. The zero-order valence-corrected chi connectivity index (χ0v) is 27.1. The van der Waals surface area contributed by atoms with Gasteiger partial charge in [0.1, 0.15) is 0 Å². The second-order valence-corrected chi connectivity index (χ2v) is 12.6. The van der Waals surface area contributed by atoms with E-state index in [1.807, 2.05) is 0 Å². The number of para-hydroxylation sites is 2. The normalized spacial score (nSPS) is 11.3. The standard InChI is InChI=1S/C47H34N2/c1-3-14-34(15-4-1)35-26-29-39(30-27-35)48(45-25-13-18-36-16-7-10-22-42(36)45)33-38-17-8-9-21-41(38)37-28-31-44-43-23-11-12-24-46(43)49(47(44)32-37)40-19-5-2-6-20-40/h1-32H,33H2. The van der Waals surface area contributed by atoms with Crippen LogP contribution in [0, 0.1) is 0 Å². The van der Waals surface area contributed by atoms with E-state index in [4.69, 9.17) is 0 Å². The minimum atomic E-state index is 0.717. The molecule has 0 unspecified atom stereocenters. The third kappa shape index (κ3) is 5.24. The van der Waals surface area contributed by atoms with Crippen LogP contribution in [0.25, 0.3) is 60.5 Å². The zero-order valence-electron chi connectivity index (χ0n) is 27.1. The van der Waals surface area contributed by atoms with Gasteiger partial charge in [-0.2, -0.15) is 0 Å². The van der Waals surface area contributed by atoms with Gasteiger partial charge in [-0.25, -0.2) is 0 Å². The Morgan fingerprint density at radius 3 is 1.86 bits per heavy atom. The average Bonchev–Trinajstić information content (AvgIpc) is 3.51. The molecule has 2 heteroatoms. The molecule has 0 amide bonds. The maximum Gasteiger partial charge on any atom is 0.0547 e. The van der Waals surface area contributed by atoms with Crippen LogP contribution in [0.2, 0.25) is 0 Å². The lowest BCUT2D eigenvalue weighted by atomic mass is 9.97. The molecule has 0 saturated carbocycles. The summed E-state index contributed by atoms with van der Waals surface area (Å²) in [6.45, 7) is 0.717. The van der Waals surface area contributed by atoms with E-state index in [-0.39, 0.29) is 0 Å². The highest BCUT2D eigenvalue weighted by atomic mass is 15.1. The van der Waals surface area contributed by atoms with Gasteiger partial charge in [0.05, 0.1) is 11.0 Å². The Morgan fingerprint density at radius 1 is 0.408 bits per heavy atom. The third-order valence-corrected chi connectivity index (χ3v) is 9.69. The number of hydrogen-bond acceptors (Lipinski definition) is 1. The van der Waals surface area contributed by atoms with Crippen LogP contribution < -0.4 is 4.90 Å². The predicted octanol–water partition coefficient (Wildman–Crippen LogP) is 12.6. The maximum atomic E-state index is 2.47. The first kappa shape index (κ1) is 28.8. The van der Waals surface area contributed by atoms with Crippen molar-refractivity contribution in [3.8, 4) is 27.9 Å². The van der Waals surface area contributed by atoms with E-state index >= 15 is 0 Å². The SMILES string of the molecule is c1ccc(-c2ccc(N(Cc3ccccc3-c3ccc4c5ccccc5n(-c5ccccc5)c4c3)c3cccc4ccccc34)cc2)cc1. The molecule has 9 aromatic rings. The molecule has 232 valence electrons. The highest BCUT2D eigenvalue weighted by molar-refractivity contribution is 6.10. The van der Waals surface area contributed by atoms with Crippen LogP contribution in [0.15, 0.2) is 194 Å². The average molecular weight is 627 g/mol. The molecule has 0 aliphatic rings. The third-order valence-electron chi connectivity index (χ3n) is 9.69. The Balaban J connectivity index is 1.18. The molecule has 9 rings (SSSR count). The maximum absolute atomic E-state index is 2.47. The first-order chi connectivity index (χ1) is 24.3. The molecule has 1 heterocycles. The van der Waals surface area contributed by atoms with E-state index in [0.29, 0.717) is 6.54 Å². The molecule has 8 aromatic carbocycles. The lowest BCUT2D eigenvalue weighted by Crippen LogP contribution is -2.17. The Hall–Kier alpha value is -6.38. The highest BCUT2D eigenvalue weighted by Crippen LogP contribution is 2.39. The van der Waals surface area contributed by atoms with E-state index in [1.54, 1.807) is 0 Å². The van der Waals surface area contributed by atoms with E-state index in [9.17, 15) is 0 Å². The quantitative estimate of drug-likeness (QED) is 0.171. The van der Waals surface area contributed by atoms with Crippen molar-refractivity contribution in [2.75, 3.05) is 4.90 Å². The monoisotopic (exact) mass is 626 g/mol. The first-order valence-corrected chi connectivity index (χ1v) is 16.9. The molecule has 1 aromatic heterocycles. The summed E-state index contributed by atoms with van der Waals surface area (Å²) in [6, 6.07) is 70.2. The fourth-order valence-corrected chi connectivity index (χ4v) is 7.33. The summed E-state index contributed by atoms with van der Waals surface area (Å²) in [5.74, 6) is 0. The van der Waals surface area contributed by atoms with Gasteiger partial charge in [0.25, 0.3) is 0 Å². The van der Waals surface area contributed by atoms with Gasteiger partial charge in [0, 0.05) is 39.8 Å². The van der Waals surface area contributed by atoms with Crippen molar-refractivity contribution in [3.63, 3.8) is 0 Å². The Kier molecular flexibility index (Phi) is 7.25. The summed E-state index contributed by atoms with van der Waals surface area (Å²) >= 11 is 0. The van der Waals surface area contributed by atoms with Crippen molar-refractivity contribution < 1.29 is 0 Å². The van der Waals surface area contributed by atoms with Crippen molar-refractivity contribution in [1.29, 1.82) is 0 Å². The van der Waals surface area contributed by atoms with E-state index in [2.05, 4.69) is 204 Å². The minimum absolute atomic E-state index is 0.717. The number of fused-ring (bicyclic) bond motifs is 4. The first-order valence-electron chi connectivity index (χ1n) is 16.9. The molecule has 0 fully saturated rings. The number of nitrogens with zero attached hydrogens (tertiary/aromatic N) is 2. The van der Waals surface area contributed by atoms with Crippen LogP contribution in [0.4, 0.5) is 11.4 Å². The lowest BCUT2D eigenvalue weighted by Gasteiger charge is -2.28. The number of benzene rings is 8. The van der Waals surface area contributed by atoms with Crippen molar-refractivity contribution >= 4 is 44.0 Å². The molecule has 0 radical (unpaired) electrons. The number of anilines is 2. The molecule has 0 atom stereocenters. The fourth-order valence-electron chi connectivity index (χ4n) is 7.33. The summed E-state index contributed by atoms with van der Waals surface area (Å²) in [7, 11) is 0. The van der Waals surface area contributed by atoms with Gasteiger partial charge in [-0.05, 0) is 75.7 Å². The molecular weight excluding hydrogens is 593 g/mol. The molecule has 0 spiro atoms. The molecule has 0 aliphatic heterocycles. The summed E-state index contributed by atoms with van der Waals surface area (Å²) in [5.41, 5.74) is 12.1. The largest absolute Gasteiger partial charge is 0.336 e. The molecule has 0 bridgehead atoms. The second kappa shape index (κ2) is 12.3. The van der Waals surface area contributed by atoms with E-state index in [0.717, 1.165) is 5.69 Å². The predicted molar refractivity (Wildman–Crippen MR) is 208 cm³/mol. The van der Waals surface area contributed by atoms with Crippen molar-refractivity contribution in [1.82, 2.24) is 4.57 Å². The van der Waals surface area contributed by atoms with Crippen molar-refractivity contribution in [3.05, 3.63) is 200 Å². The topological polar surface area (TPSA) is 8.17 Å². The van der Waals surface area contributed by atoms with Gasteiger partial charge in [-0.15, -0.1) is 0 Å². The summed E-state index contributed by atoms with van der Waals surface area (Å²) in [5, 5.41) is 5.00. The van der Waals surface area contributed by atoms with Gasteiger partial charge in [-0.3, -0.25) is 0 Å². The lowest BCUT2D eigenvalue weighted by molar-refractivity contribution is 0.982. The Bertz CT molecular complexity index is 2560. The molecule has 2 nitrogen and oxygen atoms in total. The van der Waals surface area contributed by atoms with Gasteiger partial charge in [-0.1, -0.05) is 152 Å². The molecular formula is C47H34N2. The highest BCUT2D eigenvalue weighted by Gasteiger charge is 2.18. The van der Waals surface area contributed by atoms with Crippen LogP contribution in [0.1, 0.15) is 5.56 Å². The van der Waals surface area contributed by atoms with Crippen LogP contribution in [-0.2, 0) is 6.54 Å². The Labute approximate surface area is 286 Å². The summed E-state index contributed by atoms with van der Waals surface area (Å²) in [6.07, 6.45) is 0. The van der Waals surface area contributed by atoms with Crippen LogP contribution in [-0.4, -0.2) is 4.57 Å². The smallest absolute Gasteiger partial charge is 0.0547 e. The van der Waals surface area contributed by atoms with E-state index < -0.39 is 0 Å². The summed E-state index contributed by atoms with van der Waals surface area (Å²) < 4.78 is 2.40. The molecule has 49 heavy (non-hydrogen) atoms. The second-order valence-electron chi connectivity index (χ2n) is 12.6. The number of aromatic nitrogens is 1. The number of hydrogen-bond donors (Lipinski definition) is 0. The summed E-state index contributed by atoms with van der Waals surface area (Å²) in [4.78, 5) is 2.47.